The molecule has 0 radical (unpaired) electrons. The first-order chi connectivity index (χ1) is 15.0. The lowest BCUT2D eigenvalue weighted by atomic mass is 9.91. The molecule has 1 amide bonds. The molecule has 33 heavy (non-hydrogen) atoms. The highest BCUT2D eigenvalue weighted by molar-refractivity contribution is 6.83. The number of amides is 1. The summed E-state index contributed by atoms with van der Waals surface area (Å²) in [5.74, 6) is 2.46. The van der Waals surface area contributed by atoms with Gasteiger partial charge in [0.2, 0.25) is 0 Å². The van der Waals surface area contributed by atoms with Gasteiger partial charge in [0, 0.05) is 12.1 Å². The van der Waals surface area contributed by atoms with Gasteiger partial charge >= 0.3 is 12.1 Å². The van der Waals surface area contributed by atoms with Crippen LogP contribution in [0.5, 0.6) is 5.75 Å². The van der Waals surface area contributed by atoms with Gasteiger partial charge in [0.25, 0.3) is 0 Å². The molecule has 0 aromatic heterocycles. The van der Waals surface area contributed by atoms with Crippen LogP contribution in [0.4, 0.5) is 4.79 Å². The third kappa shape index (κ3) is 9.10. The van der Waals surface area contributed by atoms with Gasteiger partial charge in [-0.05, 0) is 66.2 Å². The van der Waals surface area contributed by atoms with Crippen molar-refractivity contribution in [2.75, 3.05) is 6.61 Å². The molecule has 8 heteroatoms. The Bertz CT molecular complexity index is 918. The maximum Gasteiger partial charge on any atom is 0.407 e. The average molecular weight is 478 g/mol. The molecule has 1 rings (SSSR count). The first-order valence-electron chi connectivity index (χ1n) is 11.2. The highest BCUT2D eigenvalue weighted by atomic mass is 28.3. The molecule has 1 aromatic carbocycles. The Morgan fingerprint density at radius 1 is 1.15 bits per heavy atom. The number of nitrogens with one attached hydrogen (secondary N) is 1. The zero-order chi connectivity index (χ0) is 25.6. The van der Waals surface area contributed by atoms with E-state index in [-0.39, 0.29) is 25.0 Å². The van der Waals surface area contributed by atoms with E-state index in [9.17, 15) is 14.7 Å². The maximum atomic E-state index is 12.9. The molecule has 0 aliphatic heterocycles. The molecule has 1 aromatic rings. The van der Waals surface area contributed by atoms with Crippen molar-refractivity contribution in [2.24, 2.45) is 0 Å². The second kappa shape index (κ2) is 11.1. The average Bonchev–Trinajstić information content (AvgIpc) is 2.63. The van der Waals surface area contributed by atoms with E-state index in [0.29, 0.717) is 16.7 Å². The molecule has 184 valence electrons. The van der Waals surface area contributed by atoms with Gasteiger partial charge < -0.3 is 24.6 Å². The van der Waals surface area contributed by atoms with Crippen LogP contribution in [-0.4, -0.2) is 43.6 Å². The van der Waals surface area contributed by atoms with Crippen LogP contribution in [0.25, 0.3) is 0 Å². The largest absolute Gasteiger partial charge is 0.506 e. The second-order valence-corrected chi connectivity index (χ2v) is 15.1. The smallest absolute Gasteiger partial charge is 0.407 e. The van der Waals surface area contributed by atoms with Crippen LogP contribution in [-0.2, 0) is 31.2 Å². The lowest BCUT2D eigenvalue weighted by Crippen LogP contribution is -2.39. The van der Waals surface area contributed by atoms with E-state index in [1.165, 1.54) is 0 Å². The summed E-state index contributed by atoms with van der Waals surface area (Å²) in [5, 5.41) is 13.6. The maximum absolute atomic E-state index is 12.9. The predicted molar refractivity (Wildman–Crippen MR) is 132 cm³/mol. The molecule has 2 N–H and O–H groups in total. The standard InChI is InChI=1S/C25H39NO6Si/c1-11-30-22(28)25(7,31-17(2)3)20-14-18(12-13-33(8,9)10)21(27)19(15-20)16-26-23(29)32-24(4,5)6/h14-15,17,27H,11,16H2,1-10H3,(H,26,29). The quantitative estimate of drug-likeness (QED) is 0.331. The molecule has 7 nitrogen and oxygen atoms in total. The Morgan fingerprint density at radius 2 is 1.76 bits per heavy atom. The fraction of sp³-hybridized carbons (Fsp3) is 0.600. The summed E-state index contributed by atoms with van der Waals surface area (Å²) in [6.07, 6.45) is -0.887. The predicted octanol–water partition coefficient (Wildman–Crippen LogP) is 4.85. The zero-order valence-electron chi connectivity index (χ0n) is 21.6. The van der Waals surface area contributed by atoms with Crippen molar-refractivity contribution >= 4 is 20.1 Å². The van der Waals surface area contributed by atoms with Crippen molar-refractivity contribution in [3.8, 4) is 17.2 Å². The van der Waals surface area contributed by atoms with Gasteiger partial charge in [0.1, 0.15) is 19.4 Å². The topological polar surface area (TPSA) is 94.1 Å². The normalized spacial score (nSPS) is 13.5. The van der Waals surface area contributed by atoms with Crippen molar-refractivity contribution < 1.29 is 28.9 Å². The van der Waals surface area contributed by atoms with E-state index in [0.717, 1.165) is 0 Å². The van der Waals surface area contributed by atoms with Crippen LogP contribution in [0, 0.1) is 11.5 Å². The minimum absolute atomic E-state index is 0.0171. The Hall–Kier alpha value is -2.50. The van der Waals surface area contributed by atoms with Gasteiger partial charge in [-0.2, -0.15) is 0 Å². The van der Waals surface area contributed by atoms with Gasteiger partial charge in [0.15, 0.2) is 5.60 Å². The Labute approximate surface area is 199 Å². The van der Waals surface area contributed by atoms with Crippen LogP contribution >= 0.6 is 0 Å². The van der Waals surface area contributed by atoms with Crippen LogP contribution in [0.2, 0.25) is 19.6 Å². The number of alkyl carbamates (subject to hydrolysis) is 1. The van der Waals surface area contributed by atoms with Crippen LogP contribution < -0.4 is 5.32 Å². The summed E-state index contributed by atoms with van der Waals surface area (Å²) in [6.45, 7) is 18.8. The van der Waals surface area contributed by atoms with Crippen molar-refractivity contribution in [1.29, 1.82) is 0 Å². The Kier molecular flexibility index (Phi) is 9.58. The minimum Gasteiger partial charge on any atom is -0.506 e. The number of hydrogen-bond donors (Lipinski definition) is 2. The number of esters is 1. The molecule has 0 saturated heterocycles. The fourth-order valence-corrected chi connectivity index (χ4v) is 3.42. The van der Waals surface area contributed by atoms with Crippen molar-refractivity contribution in [3.05, 3.63) is 28.8 Å². The minimum atomic E-state index is -1.75. The second-order valence-electron chi connectivity index (χ2n) is 10.3. The molecule has 1 unspecified atom stereocenters. The van der Waals surface area contributed by atoms with Crippen LogP contribution in [0.3, 0.4) is 0 Å². The summed E-state index contributed by atoms with van der Waals surface area (Å²) < 4.78 is 16.6. The lowest BCUT2D eigenvalue weighted by molar-refractivity contribution is -0.177. The molecular weight excluding hydrogens is 438 g/mol. The monoisotopic (exact) mass is 477 g/mol. The highest BCUT2D eigenvalue weighted by Gasteiger charge is 2.40. The lowest BCUT2D eigenvalue weighted by Gasteiger charge is -2.31. The first kappa shape index (κ1) is 28.5. The SMILES string of the molecule is CCOC(=O)C(C)(OC(C)C)c1cc(C#C[Si](C)(C)C)c(O)c(CNC(=O)OC(C)(C)C)c1. The molecule has 0 saturated carbocycles. The molecule has 0 heterocycles. The van der Waals surface area contributed by atoms with E-state index in [1.54, 1.807) is 46.8 Å². The summed E-state index contributed by atoms with van der Waals surface area (Å²) in [7, 11) is -1.75. The van der Waals surface area contributed by atoms with Gasteiger partial charge in [-0.25, -0.2) is 9.59 Å². The Balaban J connectivity index is 3.58. The Morgan fingerprint density at radius 3 is 2.24 bits per heavy atom. The van der Waals surface area contributed by atoms with E-state index >= 15 is 0 Å². The van der Waals surface area contributed by atoms with Crippen molar-refractivity contribution in [3.63, 3.8) is 0 Å². The third-order valence-electron chi connectivity index (χ3n) is 4.27. The number of hydrogen-bond acceptors (Lipinski definition) is 6. The molecule has 0 spiro atoms. The van der Waals surface area contributed by atoms with Gasteiger partial charge in [0.05, 0.1) is 18.3 Å². The van der Waals surface area contributed by atoms with Gasteiger partial charge in [-0.1, -0.05) is 25.6 Å². The molecule has 0 aliphatic carbocycles. The van der Waals surface area contributed by atoms with Crippen molar-refractivity contribution in [1.82, 2.24) is 5.32 Å². The van der Waals surface area contributed by atoms with Crippen molar-refractivity contribution in [2.45, 2.75) is 92.0 Å². The molecule has 0 fully saturated rings. The summed E-state index contributed by atoms with van der Waals surface area (Å²) in [4.78, 5) is 25.1. The molecule has 1 atom stereocenters. The number of aromatic hydroxyl groups is 1. The first-order valence-corrected chi connectivity index (χ1v) is 14.7. The number of benzene rings is 1. The fourth-order valence-electron chi connectivity index (χ4n) is 2.91. The van der Waals surface area contributed by atoms with Crippen LogP contribution in [0.1, 0.15) is 65.2 Å². The van der Waals surface area contributed by atoms with E-state index in [2.05, 4.69) is 36.4 Å². The van der Waals surface area contributed by atoms with Crippen LogP contribution in [0.15, 0.2) is 12.1 Å². The van der Waals surface area contributed by atoms with E-state index in [1.807, 2.05) is 13.8 Å². The number of ether oxygens (including phenoxy) is 3. The number of phenols is 1. The number of phenolic OH excluding ortho intramolecular Hbond substituents is 1. The summed E-state index contributed by atoms with van der Waals surface area (Å²) in [6, 6.07) is 3.28. The highest BCUT2D eigenvalue weighted by Crippen LogP contribution is 2.34. The van der Waals surface area contributed by atoms with E-state index in [4.69, 9.17) is 14.2 Å². The molecular formula is C25H39NO6Si. The summed E-state index contributed by atoms with van der Waals surface area (Å²) in [5.41, 5.74) is 2.39. The number of rotatable bonds is 7. The van der Waals surface area contributed by atoms with E-state index < -0.39 is 31.3 Å². The third-order valence-corrected chi connectivity index (χ3v) is 5.15. The van der Waals surface area contributed by atoms with Gasteiger partial charge in [-0.15, -0.1) is 5.54 Å². The number of carbonyl (C=O) groups excluding carboxylic acids is 2. The number of carbonyl (C=O) groups is 2. The summed E-state index contributed by atoms with van der Waals surface area (Å²) >= 11 is 0. The molecule has 0 bridgehead atoms. The molecule has 0 aliphatic rings. The zero-order valence-corrected chi connectivity index (χ0v) is 22.6. The van der Waals surface area contributed by atoms with Gasteiger partial charge in [-0.3, -0.25) is 0 Å².